The number of carbonyl (C=O) groups is 3. The molecule has 0 radical (unpaired) electrons. The normalized spacial score (nSPS) is 13.8. The number of hydrogen-bond acceptors (Lipinski definition) is 6. The molecule has 0 aliphatic carbocycles. The lowest BCUT2D eigenvalue weighted by Gasteiger charge is -2.15. The van der Waals surface area contributed by atoms with Crippen LogP contribution in [0.3, 0.4) is 0 Å². The summed E-state index contributed by atoms with van der Waals surface area (Å²) < 4.78 is 17.8. The van der Waals surface area contributed by atoms with Crippen LogP contribution in [0.2, 0.25) is 10.0 Å². The van der Waals surface area contributed by atoms with Gasteiger partial charge >= 0.3 is 6.03 Å². The molecule has 3 aromatic rings. The second-order valence-electron chi connectivity index (χ2n) is 8.43. The van der Waals surface area contributed by atoms with Crippen LogP contribution in [0, 0.1) is 3.57 Å². The quantitative estimate of drug-likeness (QED) is 0.151. The molecule has 0 saturated carbocycles. The van der Waals surface area contributed by atoms with Crippen molar-refractivity contribution in [2.75, 3.05) is 25.6 Å². The van der Waals surface area contributed by atoms with Crippen LogP contribution in [-0.2, 0) is 16.2 Å². The van der Waals surface area contributed by atoms with Crippen molar-refractivity contribution in [2.24, 2.45) is 0 Å². The lowest BCUT2D eigenvalue weighted by Crippen LogP contribution is -2.38. The van der Waals surface area contributed by atoms with E-state index in [0.29, 0.717) is 45.2 Å². The highest BCUT2D eigenvalue weighted by Crippen LogP contribution is 2.36. The summed E-state index contributed by atoms with van der Waals surface area (Å²) in [6.45, 7) is 1.98. The molecule has 4 amide bonds. The number of benzene rings is 3. The molecule has 4 rings (SSSR count). The Balaban J connectivity index is 1.49. The fourth-order valence-electron chi connectivity index (χ4n) is 3.82. The van der Waals surface area contributed by atoms with Crippen LogP contribution in [0.25, 0.3) is 6.08 Å². The summed E-state index contributed by atoms with van der Waals surface area (Å²) in [5.41, 5.74) is 1.88. The van der Waals surface area contributed by atoms with Crippen molar-refractivity contribution < 1.29 is 28.6 Å². The highest BCUT2D eigenvalue weighted by atomic mass is 127. The number of rotatable bonds is 10. The smallest absolute Gasteiger partial charge is 0.329 e. The number of nitrogens with zero attached hydrogens (tertiary/aromatic N) is 1. The zero-order valence-electron chi connectivity index (χ0n) is 21.4. The second kappa shape index (κ2) is 13.2. The number of carbonyl (C=O) groups excluding carboxylic acids is 3. The van der Waals surface area contributed by atoms with Crippen molar-refractivity contribution in [1.82, 2.24) is 10.2 Å². The topological polar surface area (TPSA) is 106 Å². The fourth-order valence-corrected chi connectivity index (χ4v) is 4.92. The van der Waals surface area contributed by atoms with E-state index < -0.39 is 24.4 Å². The predicted molar refractivity (Wildman–Crippen MR) is 161 cm³/mol. The average molecular weight is 696 g/mol. The van der Waals surface area contributed by atoms with Gasteiger partial charge in [-0.15, -0.1) is 0 Å². The zero-order valence-corrected chi connectivity index (χ0v) is 25.1. The number of methoxy groups -OCH3 is 1. The minimum absolute atomic E-state index is 0.0258. The molecule has 3 aromatic carbocycles. The summed E-state index contributed by atoms with van der Waals surface area (Å²) in [5.74, 6) is 0.259. The van der Waals surface area contributed by atoms with E-state index in [1.807, 2.05) is 13.0 Å². The van der Waals surface area contributed by atoms with Gasteiger partial charge in [0.2, 0.25) is 5.91 Å². The van der Waals surface area contributed by atoms with Gasteiger partial charge in [-0.1, -0.05) is 41.4 Å². The largest absolute Gasteiger partial charge is 0.495 e. The third-order valence-electron chi connectivity index (χ3n) is 5.65. The lowest BCUT2D eigenvalue weighted by molar-refractivity contribution is -0.127. The molecule has 9 nitrogen and oxygen atoms in total. The Morgan fingerprint density at radius 1 is 1.05 bits per heavy atom. The maximum absolute atomic E-state index is 13.0. The molecule has 1 heterocycles. The number of para-hydroxylation sites is 2. The van der Waals surface area contributed by atoms with Crippen molar-refractivity contribution in [2.45, 2.75) is 13.5 Å². The zero-order chi connectivity index (χ0) is 28.8. The summed E-state index contributed by atoms with van der Waals surface area (Å²) in [5, 5.41) is 6.07. The average Bonchev–Trinajstić information content (AvgIpc) is 3.17. The number of nitrogens with one attached hydrogen (secondary N) is 2. The van der Waals surface area contributed by atoms with E-state index in [1.165, 1.54) is 13.2 Å². The first-order chi connectivity index (χ1) is 19.2. The number of halogens is 3. The molecule has 0 atom stereocenters. The molecule has 1 saturated heterocycles. The number of amides is 4. The molecule has 2 N–H and O–H groups in total. The van der Waals surface area contributed by atoms with E-state index in [9.17, 15) is 14.4 Å². The Morgan fingerprint density at radius 3 is 2.55 bits per heavy atom. The van der Waals surface area contributed by atoms with Crippen LogP contribution in [0.1, 0.15) is 18.1 Å². The van der Waals surface area contributed by atoms with Crippen LogP contribution in [0.4, 0.5) is 10.5 Å². The molecule has 0 bridgehead atoms. The van der Waals surface area contributed by atoms with E-state index in [-0.39, 0.29) is 12.3 Å². The molecule has 1 aliphatic heterocycles. The highest BCUT2D eigenvalue weighted by molar-refractivity contribution is 14.1. The molecule has 208 valence electrons. The van der Waals surface area contributed by atoms with Gasteiger partial charge in [0.05, 0.1) is 33.0 Å². The molecule has 0 spiro atoms. The second-order valence-corrected chi connectivity index (χ2v) is 10.4. The molecule has 12 heteroatoms. The Hall–Kier alpha value is -3.48. The maximum atomic E-state index is 13.0. The van der Waals surface area contributed by atoms with Crippen LogP contribution < -0.4 is 24.8 Å². The Kier molecular flexibility index (Phi) is 9.77. The van der Waals surface area contributed by atoms with Crippen LogP contribution in [0.15, 0.2) is 60.3 Å². The van der Waals surface area contributed by atoms with E-state index in [0.717, 1.165) is 14.0 Å². The molecular formula is C28H24Cl2IN3O6. The summed E-state index contributed by atoms with van der Waals surface area (Å²) in [6.07, 6.45) is 1.52. The molecule has 0 unspecified atom stereocenters. The van der Waals surface area contributed by atoms with Gasteiger partial charge < -0.3 is 24.8 Å². The standard InChI is InChI=1S/C28H24Cl2IN3O6/c1-3-39-24-13-17(11-20(31)26(24)40-15-16-8-9-18(29)19(30)10-16)12-22-27(36)34(28(37)33-22)14-25(35)32-21-6-4-5-7-23(21)38-2/h4-13H,3,14-15H2,1-2H3,(H,32,35)(H,33,37)/b22-12+. The number of urea groups is 1. The fraction of sp³-hybridized carbons (Fsp3) is 0.179. The number of imide groups is 1. The highest BCUT2D eigenvalue weighted by Gasteiger charge is 2.35. The SMILES string of the molecule is CCOc1cc(/C=C2/NC(=O)N(CC(=O)Nc3ccccc3OC)C2=O)cc(I)c1OCc1ccc(Cl)c(Cl)c1. The van der Waals surface area contributed by atoms with Crippen LogP contribution >= 0.6 is 45.8 Å². The van der Waals surface area contributed by atoms with E-state index in [1.54, 1.807) is 48.5 Å². The van der Waals surface area contributed by atoms with Gasteiger partial charge in [-0.2, -0.15) is 0 Å². The van der Waals surface area contributed by atoms with Crippen molar-refractivity contribution in [3.05, 3.63) is 85.0 Å². The Bertz CT molecular complexity index is 1500. The van der Waals surface area contributed by atoms with Gasteiger partial charge in [0.25, 0.3) is 5.91 Å². The Labute approximate surface area is 254 Å². The van der Waals surface area contributed by atoms with Crippen molar-refractivity contribution in [1.29, 1.82) is 0 Å². The van der Waals surface area contributed by atoms with Gasteiger partial charge in [-0.25, -0.2) is 9.69 Å². The minimum Gasteiger partial charge on any atom is -0.495 e. The van der Waals surface area contributed by atoms with Crippen molar-refractivity contribution >= 4 is 75.4 Å². The van der Waals surface area contributed by atoms with Crippen LogP contribution in [-0.4, -0.2) is 43.0 Å². The first-order valence-electron chi connectivity index (χ1n) is 12.0. The van der Waals surface area contributed by atoms with Gasteiger partial charge in [0.1, 0.15) is 24.6 Å². The number of anilines is 1. The van der Waals surface area contributed by atoms with E-state index >= 15 is 0 Å². The summed E-state index contributed by atoms with van der Waals surface area (Å²) >= 11 is 14.2. The summed E-state index contributed by atoms with van der Waals surface area (Å²) in [4.78, 5) is 39.0. The molecule has 1 fully saturated rings. The first-order valence-corrected chi connectivity index (χ1v) is 13.8. The van der Waals surface area contributed by atoms with Crippen molar-refractivity contribution in [3.8, 4) is 17.2 Å². The number of ether oxygens (including phenoxy) is 3. The monoisotopic (exact) mass is 695 g/mol. The maximum Gasteiger partial charge on any atom is 0.329 e. The van der Waals surface area contributed by atoms with Gasteiger partial charge in [-0.05, 0) is 83.1 Å². The first kappa shape index (κ1) is 29.5. The van der Waals surface area contributed by atoms with Gasteiger partial charge in [0, 0.05) is 0 Å². The third-order valence-corrected chi connectivity index (χ3v) is 7.20. The van der Waals surface area contributed by atoms with E-state index in [2.05, 4.69) is 33.2 Å². The van der Waals surface area contributed by atoms with Gasteiger partial charge in [-0.3, -0.25) is 9.59 Å². The Morgan fingerprint density at radius 2 is 1.82 bits per heavy atom. The van der Waals surface area contributed by atoms with Crippen LogP contribution in [0.5, 0.6) is 17.2 Å². The molecular weight excluding hydrogens is 672 g/mol. The van der Waals surface area contributed by atoms with Gasteiger partial charge in [0.15, 0.2) is 11.5 Å². The lowest BCUT2D eigenvalue weighted by atomic mass is 10.1. The molecule has 1 aliphatic rings. The number of hydrogen-bond donors (Lipinski definition) is 2. The molecule has 0 aromatic heterocycles. The minimum atomic E-state index is -0.701. The third kappa shape index (κ3) is 6.98. The molecule has 40 heavy (non-hydrogen) atoms. The summed E-state index contributed by atoms with van der Waals surface area (Å²) in [7, 11) is 1.48. The van der Waals surface area contributed by atoms with Crippen molar-refractivity contribution in [3.63, 3.8) is 0 Å². The summed E-state index contributed by atoms with van der Waals surface area (Å²) in [6, 6.07) is 14.9. The predicted octanol–water partition coefficient (Wildman–Crippen LogP) is 6.12. The van der Waals surface area contributed by atoms with E-state index in [4.69, 9.17) is 37.4 Å².